The molecule has 256 valence electrons. The molecule has 0 aliphatic heterocycles. The fourth-order valence-electron chi connectivity index (χ4n) is 9.17. The summed E-state index contributed by atoms with van der Waals surface area (Å²) in [4.78, 5) is 10.7. The van der Waals surface area contributed by atoms with Crippen LogP contribution < -0.4 is 0 Å². The van der Waals surface area contributed by atoms with Crippen molar-refractivity contribution in [3.8, 4) is 78.4 Å². The molecule has 55 heavy (non-hydrogen) atoms. The number of rotatable bonds is 5. The largest absolute Gasteiger partial charge is 0.228 e. The van der Waals surface area contributed by atoms with E-state index in [4.69, 9.17) is 9.97 Å². The summed E-state index contributed by atoms with van der Waals surface area (Å²) >= 11 is 0. The van der Waals surface area contributed by atoms with Gasteiger partial charge in [0.1, 0.15) is 0 Å². The molecule has 0 unspecified atom stereocenters. The number of fused-ring (bicyclic) bond motifs is 10. The fraction of sp³-hybridized carbons (Fsp3) is 0.0189. The standard InChI is InChI=1S/C53H34N2/c1-3-16-35(17-4-1)37-20-13-21-38(32-37)39-22-14-23-40(33-39)52-54-49(36-18-5-2-6-19-36)34-50(55-52)44-27-15-31-48-51(44)43-26-9-12-30-47(43)53(48)45-28-10-7-24-41(45)42-25-8-11-29-46(42)53/h1-34H. The number of hydrogen-bond donors (Lipinski definition) is 0. The molecular formula is C53H34N2. The molecule has 1 heterocycles. The number of hydrogen-bond acceptors (Lipinski definition) is 2. The van der Waals surface area contributed by atoms with E-state index >= 15 is 0 Å². The highest BCUT2D eigenvalue weighted by molar-refractivity contribution is 5.99. The van der Waals surface area contributed by atoms with Crippen molar-refractivity contribution in [1.29, 1.82) is 0 Å². The highest BCUT2D eigenvalue weighted by atomic mass is 14.9. The third-order valence-corrected chi connectivity index (χ3v) is 11.5. The number of aromatic nitrogens is 2. The zero-order valence-corrected chi connectivity index (χ0v) is 30.0. The Morgan fingerprint density at radius 3 is 1.35 bits per heavy atom. The molecule has 1 spiro atoms. The summed E-state index contributed by atoms with van der Waals surface area (Å²) in [6.07, 6.45) is 0. The van der Waals surface area contributed by atoms with Crippen LogP contribution in [-0.2, 0) is 5.41 Å². The van der Waals surface area contributed by atoms with Crippen molar-refractivity contribution in [2.24, 2.45) is 0 Å². The molecule has 9 aromatic rings. The summed E-state index contributed by atoms with van der Waals surface area (Å²) in [6, 6.07) is 74.3. The summed E-state index contributed by atoms with van der Waals surface area (Å²) < 4.78 is 0. The Labute approximate surface area is 321 Å². The van der Waals surface area contributed by atoms with E-state index in [1.54, 1.807) is 0 Å². The molecule has 2 nitrogen and oxygen atoms in total. The Bertz CT molecular complexity index is 2880. The van der Waals surface area contributed by atoms with E-state index in [9.17, 15) is 0 Å². The minimum absolute atomic E-state index is 0.421. The van der Waals surface area contributed by atoms with Gasteiger partial charge in [-0.15, -0.1) is 0 Å². The minimum Gasteiger partial charge on any atom is -0.228 e. The molecule has 0 radical (unpaired) electrons. The van der Waals surface area contributed by atoms with Gasteiger partial charge in [0.15, 0.2) is 5.82 Å². The average molecular weight is 699 g/mol. The molecule has 0 saturated carbocycles. The van der Waals surface area contributed by atoms with Crippen molar-refractivity contribution in [2.45, 2.75) is 5.41 Å². The Morgan fingerprint density at radius 1 is 0.273 bits per heavy atom. The molecule has 0 saturated heterocycles. The van der Waals surface area contributed by atoms with Crippen LogP contribution in [0, 0.1) is 0 Å². The Hall–Kier alpha value is -7.16. The van der Waals surface area contributed by atoms with Gasteiger partial charge in [0.05, 0.1) is 16.8 Å². The molecule has 0 bridgehead atoms. The first-order valence-electron chi connectivity index (χ1n) is 18.9. The van der Waals surface area contributed by atoms with Gasteiger partial charge in [-0.2, -0.15) is 0 Å². The topological polar surface area (TPSA) is 25.8 Å². The maximum atomic E-state index is 5.44. The quantitative estimate of drug-likeness (QED) is 0.179. The fourth-order valence-corrected chi connectivity index (χ4v) is 9.17. The van der Waals surface area contributed by atoms with Crippen molar-refractivity contribution < 1.29 is 0 Å². The third-order valence-electron chi connectivity index (χ3n) is 11.5. The van der Waals surface area contributed by atoms with Gasteiger partial charge in [0, 0.05) is 16.7 Å². The lowest BCUT2D eigenvalue weighted by atomic mass is 9.70. The smallest absolute Gasteiger partial charge is 0.160 e. The first-order chi connectivity index (χ1) is 27.3. The van der Waals surface area contributed by atoms with Crippen LogP contribution in [0.1, 0.15) is 22.3 Å². The summed E-state index contributed by atoms with van der Waals surface area (Å²) in [5.41, 5.74) is 19.6. The van der Waals surface area contributed by atoms with E-state index in [1.165, 1.54) is 55.6 Å². The molecule has 2 aliphatic carbocycles. The van der Waals surface area contributed by atoms with Crippen molar-refractivity contribution in [3.63, 3.8) is 0 Å². The Balaban J connectivity index is 1.12. The van der Waals surface area contributed by atoms with Gasteiger partial charge >= 0.3 is 0 Å². The van der Waals surface area contributed by atoms with Gasteiger partial charge in [-0.25, -0.2) is 9.97 Å². The van der Waals surface area contributed by atoms with Crippen LogP contribution in [0.2, 0.25) is 0 Å². The van der Waals surface area contributed by atoms with Gasteiger partial charge < -0.3 is 0 Å². The zero-order valence-electron chi connectivity index (χ0n) is 30.0. The molecular weight excluding hydrogens is 665 g/mol. The maximum absolute atomic E-state index is 5.44. The average Bonchev–Trinajstić information content (AvgIpc) is 3.75. The number of nitrogens with zero attached hydrogens (tertiary/aromatic N) is 2. The molecule has 1 aromatic heterocycles. The van der Waals surface area contributed by atoms with E-state index in [1.807, 2.05) is 0 Å². The van der Waals surface area contributed by atoms with Crippen molar-refractivity contribution >= 4 is 0 Å². The first-order valence-corrected chi connectivity index (χ1v) is 18.9. The predicted octanol–water partition coefficient (Wildman–Crippen LogP) is 13.2. The second-order valence-electron chi connectivity index (χ2n) is 14.5. The molecule has 0 N–H and O–H groups in total. The van der Waals surface area contributed by atoms with E-state index in [-0.39, 0.29) is 0 Å². The monoisotopic (exact) mass is 698 g/mol. The van der Waals surface area contributed by atoms with Crippen LogP contribution in [0.3, 0.4) is 0 Å². The summed E-state index contributed by atoms with van der Waals surface area (Å²) in [6.45, 7) is 0. The van der Waals surface area contributed by atoms with Crippen LogP contribution in [0.25, 0.3) is 78.4 Å². The van der Waals surface area contributed by atoms with Crippen LogP contribution in [0.15, 0.2) is 206 Å². The van der Waals surface area contributed by atoms with Crippen LogP contribution in [0.5, 0.6) is 0 Å². The highest BCUT2D eigenvalue weighted by Gasteiger charge is 2.52. The second-order valence-corrected chi connectivity index (χ2v) is 14.5. The molecule has 8 aromatic carbocycles. The minimum atomic E-state index is -0.421. The van der Waals surface area contributed by atoms with Gasteiger partial charge in [0.2, 0.25) is 0 Å². The van der Waals surface area contributed by atoms with Gasteiger partial charge in [0.25, 0.3) is 0 Å². The Morgan fingerprint density at radius 2 is 0.691 bits per heavy atom. The third kappa shape index (κ3) is 4.82. The SMILES string of the molecule is c1ccc(-c2cccc(-c3cccc(-c4nc(-c5ccccc5)cc(-c5cccc6c5-c5ccccc5C65c6ccccc6-c6ccccc65)n4)c3)c2)cc1. The van der Waals surface area contributed by atoms with E-state index in [0.717, 1.165) is 39.2 Å². The van der Waals surface area contributed by atoms with Gasteiger partial charge in [-0.05, 0) is 85.0 Å². The van der Waals surface area contributed by atoms with Gasteiger partial charge in [-0.3, -0.25) is 0 Å². The Kier molecular flexibility index (Phi) is 7.11. The molecule has 11 rings (SSSR count). The second kappa shape index (κ2) is 12.5. The zero-order chi connectivity index (χ0) is 36.3. The lowest BCUT2D eigenvalue weighted by Crippen LogP contribution is -2.25. The molecule has 0 amide bonds. The summed E-state index contributed by atoms with van der Waals surface area (Å²) in [5.74, 6) is 0.701. The number of benzene rings is 8. The van der Waals surface area contributed by atoms with E-state index in [0.29, 0.717) is 5.82 Å². The molecule has 0 fully saturated rings. The maximum Gasteiger partial charge on any atom is 0.160 e. The molecule has 2 aliphatic rings. The van der Waals surface area contributed by atoms with Crippen molar-refractivity contribution in [3.05, 3.63) is 229 Å². The highest BCUT2D eigenvalue weighted by Crippen LogP contribution is 2.63. The van der Waals surface area contributed by atoms with Gasteiger partial charge in [-0.1, -0.05) is 188 Å². The normalized spacial score (nSPS) is 12.9. The summed E-state index contributed by atoms with van der Waals surface area (Å²) in [7, 11) is 0. The molecule has 2 heteroatoms. The van der Waals surface area contributed by atoms with Crippen molar-refractivity contribution in [2.75, 3.05) is 0 Å². The van der Waals surface area contributed by atoms with E-state index in [2.05, 4.69) is 206 Å². The predicted molar refractivity (Wildman–Crippen MR) is 226 cm³/mol. The molecule has 0 atom stereocenters. The van der Waals surface area contributed by atoms with Crippen LogP contribution in [-0.4, -0.2) is 9.97 Å². The summed E-state index contributed by atoms with van der Waals surface area (Å²) in [5, 5.41) is 0. The first kappa shape index (κ1) is 31.4. The lowest BCUT2D eigenvalue weighted by molar-refractivity contribution is 0.794. The van der Waals surface area contributed by atoms with E-state index < -0.39 is 5.41 Å². The van der Waals surface area contributed by atoms with Crippen LogP contribution >= 0.6 is 0 Å². The van der Waals surface area contributed by atoms with Crippen molar-refractivity contribution in [1.82, 2.24) is 9.97 Å². The van der Waals surface area contributed by atoms with Crippen LogP contribution in [0.4, 0.5) is 0 Å². The lowest BCUT2D eigenvalue weighted by Gasteiger charge is -2.30.